The number of nitrogens with one attached hydrogen (secondary N) is 1. The Morgan fingerprint density at radius 3 is 2.44 bits per heavy atom. The Morgan fingerprint density at radius 2 is 1.75 bits per heavy atom. The topological polar surface area (TPSA) is 58.1 Å². The van der Waals surface area contributed by atoms with E-state index in [2.05, 4.69) is 29.4 Å². The van der Waals surface area contributed by atoms with Crippen LogP contribution in [-0.2, 0) is 5.41 Å². The zero-order valence-corrected chi connectivity index (χ0v) is 18.6. The summed E-state index contributed by atoms with van der Waals surface area (Å²) >= 11 is 0. The van der Waals surface area contributed by atoms with Crippen LogP contribution in [0.4, 0.5) is 10.2 Å². The van der Waals surface area contributed by atoms with Crippen LogP contribution in [0.5, 0.6) is 0 Å². The van der Waals surface area contributed by atoms with Crippen molar-refractivity contribution in [3.63, 3.8) is 0 Å². The van der Waals surface area contributed by atoms with Gasteiger partial charge in [-0.1, -0.05) is 38.1 Å². The van der Waals surface area contributed by atoms with E-state index in [-0.39, 0.29) is 17.1 Å². The lowest BCUT2D eigenvalue weighted by Crippen LogP contribution is -2.35. The number of hydrogen-bond acceptors (Lipinski definition) is 4. The Hall–Kier alpha value is -3.28. The molecule has 1 saturated heterocycles. The fourth-order valence-electron chi connectivity index (χ4n) is 3.99. The number of piperidine rings is 1. The Kier molecular flexibility index (Phi) is 6.49. The van der Waals surface area contributed by atoms with Crippen molar-refractivity contribution in [1.29, 1.82) is 0 Å². The molecule has 0 saturated carbocycles. The molecule has 0 aliphatic carbocycles. The lowest BCUT2D eigenvalue weighted by atomic mass is 9.84. The average molecular weight is 433 g/mol. The lowest BCUT2D eigenvalue weighted by Gasteiger charge is -2.26. The number of nitrogens with zero attached hydrogens (tertiary/aromatic N) is 3. The van der Waals surface area contributed by atoms with Crippen LogP contribution in [0.25, 0.3) is 11.3 Å². The summed E-state index contributed by atoms with van der Waals surface area (Å²) in [6, 6.07) is 18.0. The molecule has 0 atom stereocenters. The zero-order chi connectivity index (χ0) is 22.6. The molecule has 5 nitrogen and oxygen atoms in total. The number of carbonyl (C=O) groups excluding carboxylic acids is 1. The predicted octanol–water partition coefficient (Wildman–Crippen LogP) is 5.30. The molecule has 1 aliphatic heterocycles. The van der Waals surface area contributed by atoms with Gasteiger partial charge in [-0.05, 0) is 61.2 Å². The number of benzene rings is 2. The average Bonchev–Trinajstić information content (AvgIpc) is 2.83. The first-order valence-corrected chi connectivity index (χ1v) is 11.2. The molecule has 3 aromatic rings. The van der Waals surface area contributed by atoms with Crippen LogP contribution >= 0.6 is 0 Å². The molecular weight excluding hydrogens is 403 g/mol. The molecule has 6 heteroatoms. The van der Waals surface area contributed by atoms with Crippen LogP contribution < -0.4 is 5.32 Å². The normalized spacial score (nSPS) is 14.3. The summed E-state index contributed by atoms with van der Waals surface area (Å²) in [7, 11) is 0. The summed E-state index contributed by atoms with van der Waals surface area (Å²) in [5.41, 5.74) is 3.14. The molecule has 1 aliphatic rings. The minimum atomic E-state index is -0.235. The zero-order valence-electron chi connectivity index (χ0n) is 18.6. The van der Waals surface area contributed by atoms with E-state index in [1.807, 2.05) is 53.4 Å². The highest BCUT2D eigenvalue weighted by atomic mass is 19.1. The van der Waals surface area contributed by atoms with Gasteiger partial charge in [-0.25, -0.2) is 4.39 Å². The Bertz CT molecular complexity index is 1060. The summed E-state index contributed by atoms with van der Waals surface area (Å²) in [5, 5.41) is 12.0. The van der Waals surface area contributed by atoms with Crippen LogP contribution in [0, 0.1) is 5.82 Å². The Labute approximate surface area is 188 Å². The van der Waals surface area contributed by atoms with Crippen molar-refractivity contribution in [2.75, 3.05) is 25.0 Å². The maximum atomic E-state index is 13.2. The van der Waals surface area contributed by atoms with Gasteiger partial charge in [-0.2, -0.15) is 0 Å². The second-order valence-corrected chi connectivity index (χ2v) is 8.98. The van der Waals surface area contributed by atoms with Crippen molar-refractivity contribution in [3.8, 4) is 11.3 Å². The maximum Gasteiger partial charge on any atom is 0.253 e. The summed E-state index contributed by atoms with van der Waals surface area (Å²) in [6.07, 6.45) is 3.34. The van der Waals surface area contributed by atoms with E-state index in [0.29, 0.717) is 17.9 Å². The van der Waals surface area contributed by atoms with E-state index in [1.54, 1.807) is 0 Å². The van der Waals surface area contributed by atoms with E-state index >= 15 is 0 Å². The number of aromatic nitrogens is 2. The fraction of sp³-hybridized carbons (Fsp3) is 0.346. The molecule has 1 N–H and O–H groups in total. The van der Waals surface area contributed by atoms with Gasteiger partial charge >= 0.3 is 0 Å². The molecule has 1 fully saturated rings. The predicted molar refractivity (Wildman–Crippen MR) is 125 cm³/mol. The molecule has 1 amide bonds. The molecule has 4 rings (SSSR count). The monoisotopic (exact) mass is 432 g/mol. The first-order chi connectivity index (χ1) is 15.4. The standard InChI is InChI=1S/C26H29FN4O/c1-26(2,21-9-11-22(27)12-10-21)18-28-24-14-13-23(29-30-24)19-7-6-8-20(17-19)25(32)31-15-4-3-5-16-31/h6-14,17H,3-5,15-16,18H2,1-2H3,(H,28,30). The van der Waals surface area contributed by atoms with Crippen molar-refractivity contribution < 1.29 is 9.18 Å². The van der Waals surface area contributed by atoms with Crippen molar-refractivity contribution in [3.05, 3.63) is 77.6 Å². The molecule has 0 spiro atoms. The van der Waals surface area contributed by atoms with Crippen molar-refractivity contribution in [1.82, 2.24) is 15.1 Å². The number of amides is 1. The van der Waals surface area contributed by atoms with Crippen LogP contribution in [0.15, 0.2) is 60.7 Å². The smallest absolute Gasteiger partial charge is 0.253 e. The van der Waals surface area contributed by atoms with Crippen molar-refractivity contribution in [2.45, 2.75) is 38.5 Å². The van der Waals surface area contributed by atoms with Gasteiger partial charge in [-0.3, -0.25) is 4.79 Å². The summed E-state index contributed by atoms with van der Waals surface area (Å²) in [5.74, 6) is 0.519. The van der Waals surface area contributed by atoms with Gasteiger partial charge in [0.25, 0.3) is 5.91 Å². The van der Waals surface area contributed by atoms with Gasteiger partial charge in [-0.15, -0.1) is 10.2 Å². The summed E-state index contributed by atoms with van der Waals surface area (Å²) < 4.78 is 13.2. The highest BCUT2D eigenvalue weighted by Crippen LogP contribution is 2.25. The van der Waals surface area contributed by atoms with Gasteiger partial charge in [0, 0.05) is 36.2 Å². The van der Waals surface area contributed by atoms with Crippen LogP contribution in [0.3, 0.4) is 0 Å². The van der Waals surface area contributed by atoms with Gasteiger partial charge in [0.2, 0.25) is 0 Å². The third kappa shape index (κ3) is 5.13. The van der Waals surface area contributed by atoms with Gasteiger partial charge in [0.05, 0.1) is 5.69 Å². The van der Waals surface area contributed by atoms with Crippen LogP contribution in [0.2, 0.25) is 0 Å². The van der Waals surface area contributed by atoms with Crippen molar-refractivity contribution in [2.24, 2.45) is 0 Å². The van der Waals surface area contributed by atoms with E-state index in [1.165, 1.54) is 18.6 Å². The van der Waals surface area contributed by atoms with E-state index in [9.17, 15) is 9.18 Å². The van der Waals surface area contributed by atoms with E-state index in [4.69, 9.17) is 0 Å². The molecule has 2 heterocycles. The maximum absolute atomic E-state index is 13.2. The molecule has 1 aromatic heterocycles. The molecule has 166 valence electrons. The molecule has 0 radical (unpaired) electrons. The minimum absolute atomic E-state index is 0.0841. The number of carbonyl (C=O) groups is 1. The molecule has 0 unspecified atom stereocenters. The minimum Gasteiger partial charge on any atom is -0.368 e. The second kappa shape index (κ2) is 9.47. The third-order valence-corrected chi connectivity index (χ3v) is 6.05. The van der Waals surface area contributed by atoms with E-state index in [0.717, 1.165) is 42.8 Å². The number of hydrogen-bond donors (Lipinski definition) is 1. The lowest BCUT2D eigenvalue weighted by molar-refractivity contribution is 0.0724. The number of halogens is 1. The Balaban J connectivity index is 1.42. The van der Waals surface area contributed by atoms with Crippen LogP contribution in [0.1, 0.15) is 49.0 Å². The van der Waals surface area contributed by atoms with Gasteiger partial charge < -0.3 is 10.2 Å². The van der Waals surface area contributed by atoms with Crippen molar-refractivity contribution >= 4 is 11.7 Å². The van der Waals surface area contributed by atoms with E-state index < -0.39 is 0 Å². The van der Waals surface area contributed by atoms with Gasteiger partial charge in [0.1, 0.15) is 11.6 Å². The number of likely N-dealkylation sites (tertiary alicyclic amines) is 1. The van der Waals surface area contributed by atoms with Gasteiger partial charge in [0.15, 0.2) is 0 Å². The largest absolute Gasteiger partial charge is 0.368 e. The molecule has 32 heavy (non-hydrogen) atoms. The quantitative estimate of drug-likeness (QED) is 0.574. The molecular formula is C26H29FN4O. The Morgan fingerprint density at radius 1 is 1.00 bits per heavy atom. The highest BCUT2D eigenvalue weighted by molar-refractivity contribution is 5.95. The SMILES string of the molecule is CC(C)(CNc1ccc(-c2cccc(C(=O)N3CCCCC3)c2)nn1)c1ccc(F)cc1. The number of rotatable bonds is 6. The third-order valence-electron chi connectivity index (χ3n) is 6.05. The number of anilines is 1. The fourth-order valence-corrected chi connectivity index (χ4v) is 3.99. The van der Waals surface area contributed by atoms with Crippen LogP contribution in [-0.4, -0.2) is 40.6 Å². The first-order valence-electron chi connectivity index (χ1n) is 11.2. The highest BCUT2D eigenvalue weighted by Gasteiger charge is 2.21. The first kappa shape index (κ1) is 21.9. The summed E-state index contributed by atoms with van der Waals surface area (Å²) in [4.78, 5) is 14.7. The molecule has 2 aromatic carbocycles. The second-order valence-electron chi connectivity index (χ2n) is 8.98. The summed E-state index contributed by atoms with van der Waals surface area (Å²) in [6.45, 7) is 6.49. The molecule has 0 bridgehead atoms.